The van der Waals surface area contributed by atoms with Crippen LogP contribution in [0.3, 0.4) is 0 Å². The van der Waals surface area contributed by atoms with E-state index in [0.29, 0.717) is 18.6 Å². The van der Waals surface area contributed by atoms with Crippen LogP contribution in [0.5, 0.6) is 0 Å². The van der Waals surface area contributed by atoms with Gasteiger partial charge in [0.25, 0.3) is 0 Å². The summed E-state index contributed by atoms with van der Waals surface area (Å²) < 4.78 is 38.8. The van der Waals surface area contributed by atoms with E-state index >= 15 is 0 Å². The third-order valence-corrected chi connectivity index (χ3v) is 5.22. The van der Waals surface area contributed by atoms with Gasteiger partial charge in [-0.3, -0.25) is 9.59 Å². The first kappa shape index (κ1) is 22.8. The number of hydrogen-bond donors (Lipinski definition) is 2. The Labute approximate surface area is 172 Å². The summed E-state index contributed by atoms with van der Waals surface area (Å²) in [5.74, 6) is -0.0441. The van der Waals surface area contributed by atoms with Gasteiger partial charge >= 0.3 is 6.18 Å². The van der Waals surface area contributed by atoms with Crippen molar-refractivity contribution >= 4 is 35.0 Å². The molecule has 0 saturated heterocycles. The molecule has 0 atom stereocenters. The van der Waals surface area contributed by atoms with Crippen molar-refractivity contribution in [1.29, 1.82) is 0 Å². The molecule has 4 nitrogen and oxygen atoms in total. The molecule has 2 aromatic carbocycles. The zero-order valence-electron chi connectivity index (χ0n) is 16.2. The van der Waals surface area contributed by atoms with Gasteiger partial charge in [-0.25, -0.2) is 0 Å². The molecular formula is C21H23F3N2O2S. The van der Waals surface area contributed by atoms with Crippen LogP contribution in [-0.4, -0.2) is 23.3 Å². The van der Waals surface area contributed by atoms with E-state index in [9.17, 15) is 22.8 Å². The number of carbonyl (C=O) groups excluding carboxylic acids is 2. The molecule has 0 aliphatic rings. The van der Waals surface area contributed by atoms with Crippen LogP contribution in [-0.2, 0) is 15.8 Å². The summed E-state index contributed by atoms with van der Waals surface area (Å²) in [7, 11) is 0. The fourth-order valence-corrected chi connectivity index (χ4v) is 3.49. The lowest BCUT2D eigenvalue weighted by atomic mass is 10.1. The van der Waals surface area contributed by atoms with E-state index in [1.54, 1.807) is 0 Å². The lowest BCUT2D eigenvalue weighted by Crippen LogP contribution is -2.18. The van der Waals surface area contributed by atoms with E-state index in [2.05, 4.69) is 10.6 Å². The molecule has 0 radical (unpaired) electrons. The van der Waals surface area contributed by atoms with Gasteiger partial charge < -0.3 is 10.6 Å². The zero-order valence-corrected chi connectivity index (χ0v) is 17.0. The Bertz CT molecular complexity index is 849. The van der Waals surface area contributed by atoms with E-state index in [1.807, 2.05) is 32.0 Å². The molecule has 2 N–H and O–H groups in total. The molecule has 0 aliphatic heterocycles. The predicted molar refractivity (Wildman–Crippen MR) is 111 cm³/mol. The van der Waals surface area contributed by atoms with Crippen LogP contribution in [0.2, 0.25) is 0 Å². The highest BCUT2D eigenvalue weighted by molar-refractivity contribution is 7.99. The number of carbonyl (C=O) groups is 2. The minimum atomic E-state index is -4.53. The molecule has 0 heterocycles. The smallest absolute Gasteiger partial charge is 0.326 e. The molecule has 8 heteroatoms. The van der Waals surface area contributed by atoms with Gasteiger partial charge in [-0.05, 0) is 49.3 Å². The summed E-state index contributed by atoms with van der Waals surface area (Å²) in [4.78, 5) is 24.0. The average Bonchev–Trinajstić information content (AvgIpc) is 2.64. The number of halogens is 3. The van der Waals surface area contributed by atoms with Gasteiger partial charge in [-0.1, -0.05) is 30.3 Å². The van der Waals surface area contributed by atoms with Crippen molar-refractivity contribution < 1.29 is 22.8 Å². The minimum absolute atomic E-state index is 0.0186. The topological polar surface area (TPSA) is 58.2 Å². The minimum Gasteiger partial charge on any atom is -0.326 e. The molecule has 0 saturated carbocycles. The van der Waals surface area contributed by atoms with Crippen molar-refractivity contribution in [3.05, 3.63) is 59.2 Å². The van der Waals surface area contributed by atoms with E-state index < -0.39 is 17.6 Å². The van der Waals surface area contributed by atoms with Crippen LogP contribution in [0.15, 0.2) is 42.5 Å². The summed E-state index contributed by atoms with van der Waals surface area (Å²) in [6.45, 7) is 3.85. The molecule has 0 aliphatic carbocycles. The van der Waals surface area contributed by atoms with Gasteiger partial charge in [0, 0.05) is 12.1 Å². The number of thioether (sulfide) groups is 1. The largest absolute Gasteiger partial charge is 0.418 e. The maximum atomic E-state index is 12.9. The fourth-order valence-electron chi connectivity index (χ4n) is 2.74. The molecule has 0 unspecified atom stereocenters. The highest BCUT2D eigenvalue weighted by atomic mass is 32.2. The van der Waals surface area contributed by atoms with Gasteiger partial charge in [-0.2, -0.15) is 24.9 Å². The predicted octanol–water partition coefficient (Wildman–Crippen LogP) is 5.41. The molecule has 29 heavy (non-hydrogen) atoms. The Morgan fingerprint density at radius 2 is 1.59 bits per heavy atom. The summed E-state index contributed by atoms with van der Waals surface area (Å²) in [5.41, 5.74) is 1.67. The summed E-state index contributed by atoms with van der Waals surface area (Å²) in [5, 5.41) is 5.20. The van der Waals surface area contributed by atoms with Crippen molar-refractivity contribution in [2.24, 2.45) is 0 Å². The lowest BCUT2D eigenvalue weighted by Gasteiger charge is -2.13. The third kappa shape index (κ3) is 7.12. The third-order valence-electron chi connectivity index (χ3n) is 4.18. The summed E-state index contributed by atoms with van der Waals surface area (Å²) in [6.07, 6.45) is -3.66. The Balaban J connectivity index is 1.72. The first-order chi connectivity index (χ1) is 13.7. The average molecular weight is 424 g/mol. The van der Waals surface area contributed by atoms with Crippen molar-refractivity contribution in [2.45, 2.75) is 32.9 Å². The number of hydrogen-bond acceptors (Lipinski definition) is 3. The van der Waals surface area contributed by atoms with Gasteiger partial charge in [-0.15, -0.1) is 0 Å². The Kier molecular flexibility index (Phi) is 8.13. The Hall–Kier alpha value is -2.48. The standard InChI is InChI=1S/C21H23F3N2O2S/c1-14-7-5-8-15(2)20(14)26-18(27)11-6-12-29-13-19(28)25-17-10-4-3-9-16(17)21(22,23)24/h3-5,7-10H,6,11-13H2,1-2H3,(H,25,28)(H,26,27). The number of amides is 2. The molecule has 0 fully saturated rings. The lowest BCUT2D eigenvalue weighted by molar-refractivity contribution is -0.137. The zero-order chi connectivity index (χ0) is 21.4. The van der Waals surface area contributed by atoms with Crippen LogP contribution in [0.4, 0.5) is 24.5 Å². The number of para-hydroxylation sites is 2. The normalized spacial score (nSPS) is 11.2. The van der Waals surface area contributed by atoms with Crippen LogP contribution < -0.4 is 10.6 Å². The number of aryl methyl sites for hydroxylation is 2. The number of rotatable bonds is 8. The van der Waals surface area contributed by atoms with Gasteiger partial charge in [0.15, 0.2) is 0 Å². The van der Waals surface area contributed by atoms with Crippen LogP contribution >= 0.6 is 11.8 Å². The second-order valence-corrected chi connectivity index (χ2v) is 7.67. The molecule has 2 rings (SSSR count). The first-order valence-electron chi connectivity index (χ1n) is 9.08. The van der Waals surface area contributed by atoms with E-state index in [0.717, 1.165) is 22.9 Å². The number of anilines is 2. The molecule has 0 aromatic heterocycles. The van der Waals surface area contributed by atoms with E-state index in [1.165, 1.54) is 30.0 Å². The SMILES string of the molecule is Cc1cccc(C)c1NC(=O)CCCSCC(=O)Nc1ccccc1C(F)(F)F. The highest BCUT2D eigenvalue weighted by Gasteiger charge is 2.33. The van der Waals surface area contributed by atoms with Crippen molar-refractivity contribution in [3.8, 4) is 0 Å². The van der Waals surface area contributed by atoms with Gasteiger partial charge in [0.2, 0.25) is 11.8 Å². The van der Waals surface area contributed by atoms with Crippen molar-refractivity contribution in [2.75, 3.05) is 22.1 Å². The maximum Gasteiger partial charge on any atom is 0.418 e. The van der Waals surface area contributed by atoms with E-state index in [-0.39, 0.29) is 17.3 Å². The van der Waals surface area contributed by atoms with Crippen LogP contribution in [0.25, 0.3) is 0 Å². The van der Waals surface area contributed by atoms with Gasteiger partial charge in [0.05, 0.1) is 17.0 Å². The first-order valence-corrected chi connectivity index (χ1v) is 10.2. The second kappa shape index (κ2) is 10.3. The molecule has 2 amide bonds. The molecule has 2 aromatic rings. The fraction of sp³-hybridized carbons (Fsp3) is 0.333. The Morgan fingerprint density at radius 1 is 0.931 bits per heavy atom. The molecule has 0 spiro atoms. The molecular weight excluding hydrogens is 401 g/mol. The maximum absolute atomic E-state index is 12.9. The van der Waals surface area contributed by atoms with E-state index in [4.69, 9.17) is 0 Å². The van der Waals surface area contributed by atoms with Gasteiger partial charge in [0.1, 0.15) is 0 Å². The Morgan fingerprint density at radius 3 is 2.24 bits per heavy atom. The molecule has 0 bridgehead atoms. The number of alkyl halides is 3. The quantitative estimate of drug-likeness (QED) is 0.557. The van der Waals surface area contributed by atoms with Crippen molar-refractivity contribution in [3.63, 3.8) is 0 Å². The number of nitrogens with one attached hydrogen (secondary N) is 2. The van der Waals surface area contributed by atoms with Crippen LogP contribution in [0.1, 0.15) is 29.5 Å². The monoisotopic (exact) mass is 424 g/mol. The highest BCUT2D eigenvalue weighted by Crippen LogP contribution is 2.34. The van der Waals surface area contributed by atoms with Crippen molar-refractivity contribution in [1.82, 2.24) is 0 Å². The number of benzene rings is 2. The molecule has 156 valence electrons. The summed E-state index contributed by atoms with van der Waals surface area (Å²) in [6, 6.07) is 10.6. The second-order valence-electron chi connectivity index (χ2n) is 6.56. The summed E-state index contributed by atoms with van der Waals surface area (Å²) >= 11 is 1.28. The van der Waals surface area contributed by atoms with Crippen LogP contribution in [0, 0.1) is 13.8 Å².